The van der Waals surface area contributed by atoms with E-state index in [4.69, 9.17) is 5.11 Å². The molecule has 154 valence electrons. The second kappa shape index (κ2) is 7.04. The topological polar surface area (TPSA) is 57.5 Å². The van der Waals surface area contributed by atoms with Crippen LogP contribution in [0.5, 0.6) is 0 Å². The number of rotatable bonds is 4. The number of aliphatic hydroxyl groups excluding tert-OH is 1. The van der Waals surface area contributed by atoms with E-state index in [2.05, 4.69) is 20.8 Å². The Bertz CT molecular complexity index is 574. The first-order valence-electron chi connectivity index (χ1n) is 11.7. The smallest absolute Gasteiger partial charge is 0.303 e. The van der Waals surface area contributed by atoms with Gasteiger partial charge in [0.15, 0.2) is 0 Å². The summed E-state index contributed by atoms with van der Waals surface area (Å²) >= 11 is 0. The van der Waals surface area contributed by atoms with Crippen LogP contribution < -0.4 is 0 Å². The molecule has 4 aliphatic rings. The monoisotopic (exact) mass is 376 g/mol. The molecule has 3 heteroatoms. The summed E-state index contributed by atoms with van der Waals surface area (Å²) in [5, 5.41) is 20.6. The fourth-order valence-electron chi connectivity index (χ4n) is 8.77. The molecule has 1 unspecified atom stereocenters. The third-order valence-electron chi connectivity index (χ3n) is 10.3. The highest BCUT2D eigenvalue weighted by Gasteiger charge is 2.63. The van der Waals surface area contributed by atoms with Gasteiger partial charge in [0.05, 0.1) is 6.10 Å². The zero-order chi connectivity index (χ0) is 19.4. The summed E-state index contributed by atoms with van der Waals surface area (Å²) in [6.07, 6.45) is 12.6. The van der Waals surface area contributed by atoms with E-state index in [-0.39, 0.29) is 17.9 Å². The number of fused-ring (bicyclic) bond motifs is 5. The molecule has 27 heavy (non-hydrogen) atoms. The molecule has 2 N–H and O–H groups in total. The summed E-state index contributed by atoms with van der Waals surface area (Å²) in [7, 11) is 0. The van der Waals surface area contributed by atoms with Crippen molar-refractivity contribution in [2.24, 2.45) is 46.3 Å². The number of hydrogen-bond donors (Lipinski definition) is 2. The standard InChI is InChI=1S/C24H40O3/c1-15(7-12-22(26)27)18-10-11-19-17-9-8-16-6-4-5-13-23(16,2)20(17)14-21(25)24(18,19)3/h15-21,25H,4-14H2,1-3H3,(H,26,27)/t15-,16?,17+,18-,19+,20+,21+,23+,24-/m1/s1. The van der Waals surface area contributed by atoms with Crippen molar-refractivity contribution in [2.75, 3.05) is 0 Å². The third kappa shape index (κ3) is 2.98. The van der Waals surface area contributed by atoms with Crippen molar-refractivity contribution < 1.29 is 15.0 Å². The Balaban J connectivity index is 1.57. The van der Waals surface area contributed by atoms with Crippen LogP contribution in [0, 0.1) is 46.3 Å². The first-order valence-corrected chi connectivity index (χ1v) is 11.7. The Hall–Kier alpha value is -0.570. The van der Waals surface area contributed by atoms with E-state index in [9.17, 15) is 9.90 Å². The highest BCUT2D eigenvalue weighted by molar-refractivity contribution is 5.66. The normalized spacial score (nSPS) is 50.4. The Morgan fingerprint density at radius 3 is 2.59 bits per heavy atom. The highest BCUT2D eigenvalue weighted by atomic mass is 16.4. The fourth-order valence-corrected chi connectivity index (χ4v) is 8.77. The third-order valence-corrected chi connectivity index (χ3v) is 10.3. The second-order valence-electron chi connectivity index (χ2n) is 11.1. The van der Waals surface area contributed by atoms with Gasteiger partial charge < -0.3 is 10.2 Å². The van der Waals surface area contributed by atoms with Gasteiger partial charge in [-0.05, 0) is 97.7 Å². The Morgan fingerprint density at radius 2 is 1.85 bits per heavy atom. The molecular weight excluding hydrogens is 336 g/mol. The van der Waals surface area contributed by atoms with E-state index in [1.807, 2.05) is 0 Å². The van der Waals surface area contributed by atoms with Gasteiger partial charge in [-0.15, -0.1) is 0 Å². The average Bonchev–Trinajstić information content (AvgIpc) is 2.99. The number of carbonyl (C=O) groups is 1. The summed E-state index contributed by atoms with van der Waals surface area (Å²) in [4.78, 5) is 11.1. The lowest BCUT2D eigenvalue weighted by Gasteiger charge is -2.62. The van der Waals surface area contributed by atoms with Crippen LogP contribution in [0.2, 0.25) is 0 Å². The maximum Gasteiger partial charge on any atom is 0.303 e. The number of carboxylic acids is 1. The van der Waals surface area contributed by atoms with Crippen LogP contribution in [0.1, 0.15) is 91.4 Å². The SMILES string of the molecule is C[C@H](CCC(=O)O)[C@H]1CC[C@H]2[C@@H]3CCC4CCCC[C@]4(C)[C@H]3C[C@H](O)[C@]12C. The predicted molar refractivity (Wildman–Crippen MR) is 107 cm³/mol. The van der Waals surface area contributed by atoms with Crippen molar-refractivity contribution in [2.45, 2.75) is 97.5 Å². The molecular formula is C24H40O3. The highest BCUT2D eigenvalue weighted by Crippen LogP contribution is 2.68. The molecule has 9 atom stereocenters. The molecule has 3 nitrogen and oxygen atoms in total. The lowest BCUT2D eigenvalue weighted by molar-refractivity contribution is -0.168. The molecule has 0 aliphatic heterocycles. The second-order valence-corrected chi connectivity index (χ2v) is 11.1. The van der Waals surface area contributed by atoms with Gasteiger partial charge in [-0.3, -0.25) is 4.79 Å². The van der Waals surface area contributed by atoms with E-state index < -0.39 is 5.97 Å². The van der Waals surface area contributed by atoms with E-state index in [1.54, 1.807) is 0 Å². The summed E-state index contributed by atoms with van der Waals surface area (Å²) in [6.45, 7) is 7.16. The summed E-state index contributed by atoms with van der Waals surface area (Å²) < 4.78 is 0. The van der Waals surface area contributed by atoms with Crippen molar-refractivity contribution in [3.05, 3.63) is 0 Å². The number of aliphatic carboxylic acids is 1. The molecule has 0 aromatic carbocycles. The molecule has 0 aromatic rings. The number of aliphatic hydroxyl groups is 1. The molecule has 0 spiro atoms. The quantitative estimate of drug-likeness (QED) is 0.680. The molecule has 4 saturated carbocycles. The van der Waals surface area contributed by atoms with Crippen LogP contribution >= 0.6 is 0 Å². The molecule has 0 radical (unpaired) electrons. The molecule has 4 rings (SSSR count). The Morgan fingerprint density at radius 1 is 1.07 bits per heavy atom. The van der Waals surface area contributed by atoms with E-state index in [0.717, 1.165) is 24.7 Å². The first-order chi connectivity index (χ1) is 12.8. The van der Waals surface area contributed by atoms with Crippen LogP contribution in [0.3, 0.4) is 0 Å². The van der Waals surface area contributed by atoms with Gasteiger partial charge in [0.25, 0.3) is 0 Å². The van der Waals surface area contributed by atoms with Gasteiger partial charge in [0, 0.05) is 6.42 Å². The number of hydrogen-bond acceptors (Lipinski definition) is 2. The van der Waals surface area contributed by atoms with Crippen molar-refractivity contribution in [1.29, 1.82) is 0 Å². The van der Waals surface area contributed by atoms with Crippen molar-refractivity contribution in [3.8, 4) is 0 Å². The minimum Gasteiger partial charge on any atom is -0.481 e. The lowest BCUT2D eigenvalue weighted by Crippen LogP contribution is -2.58. The summed E-state index contributed by atoms with van der Waals surface area (Å²) in [5.74, 6) is 3.21. The molecule has 0 saturated heterocycles. The Labute approximate surface area is 165 Å². The van der Waals surface area contributed by atoms with Crippen molar-refractivity contribution >= 4 is 5.97 Å². The zero-order valence-corrected chi connectivity index (χ0v) is 17.6. The minimum absolute atomic E-state index is 0.00303. The van der Waals surface area contributed by atoms with E-state index in [0.29, 0.717) is 29.1 Å². The lowest BCUT2D eigenvalue weighted by atomic mass is 9.44. The average molecular weight is 377 g/mol. The maximum absolute atomic E-state index is 11.5. The van der Waals surface area contributed by atoms with Crippen molar-refractivity contribution in [1.82, 2.24) is 0 Å². The molecule has 0 aromatic heterocycles. The first kappa shape index (κ1) is 19.7. The largest absolute Gasteiger partial charge is 0.481 e. The molecule has 4 fully saturated rings. The number of carboxylic acid groups (broad SMARTS) is 1. The van der Waals surface area contributed by atoms with Gasteiger partial charge >= 0.3 is 5.97 Å². The van der Waals surface area contributed by atoms with Gasteiger partial charge in [-0.1, -0.05) is 33.6 Å². The van der Waals surface area contributed by atoms with Gasteiger partial charge in [-0.2, -0.15) is 0 Å². The minimum atomic E-state index is -0.686. The molecule has 4 aliphatic carbocycles. The van der Waals surface area contributed by atoms with Crippen LogP contribution in [0.25, 0.3) is 0 Å². The molecule has 0 bridgehead atoms. The van der Waals surface area contributed by atoms with Gasteiger partial charge in [-0.25, -0.2) is 0 Å². The van der Waals surface area contributed by atoms with E-state index >= 15 is 0 Å². The maximum atomic E-state index is 11.5. The summed E-state index contributed by atoms with van der Waals surface area (Å²) in [5.41, 5.74) is 0.452. The van der Waals surface area contributed by atoms with Crippen LogP contribution in [-0.4, -0.2) is 22.3 Å². The van der Waals surface area contributed by atoms with Crippen molar-refractivity contribution in [3.63, 3.8) is 0 Å². The van der Waals surface area contributed by atoms with Crippen LogP contribution in [-0.2, 0) is 4.79 Å². The van der Waals surface area contributed by atoms with E-state index in [1.165, 1.54) is 51.4 Å². The zero-order valence-electron chi connectivity index (χ0n) is 17.6. The molecule has 0 amide bonds. The predicted octanol–water partition coefficient (Wildman–Crippen LogP) is 5.51. The summed E-state index contributed by atoms with van der Waals surface area (Å²) in [6, 6.07) is 0. The van der Waals surface area contributed by atoms with Gasteiger partial charge in [0.1, 0.15) is 0 Å². The fraction of sp³-hybridized carbons (Fsp3) is 0.958. The van der Waals surface area contributed by atoms with Crippen LogP contribution in [0.15, 0.2) is 0 Å². The molecule has 0 heterocycles. The Kier molecular flexibility index (Phi) is 5.15. The van der Waals surface area contributed by atoms with Crippen LogP contribution in [0.4, 0.5) is 0 Å². The van der Waals surface area contributed by atoms with Gasteiger partial charge in [0.2, 0.25) is 0 Å².